The summed E-state index contributed by atoms with van der Waals surface area (Å²) >= 11 is 7.62. The molecule has 2 N–H and O–H groups in total. The second-order valence-corrected chi connectivity index (χ2v) is 25.5. The molecule has 1 aliphatic carbocycles. The number of sulfonamides is 1. The molecule has 2 aliphatic heterocycles. The minimum Gasteiger partial charge on any atom is -0.444 e. The molecule has 2 heterocycles. The second kappa shape index (κ2) is 22.8. The molecule has 0 bridgehead atoms. The molecule has 2 saturated heterocycles. The molecule has 20 heteroatoms. The van der Waals surface area contributed by atoms with Crippen molar-refractivity contribution in [3.8, 4) is 0 Å². The fourth-order valence-corrected chi connectivity index (χ4v) is 12.2. The van der Waals surface area contributed by atoms with Gasteiger partial charge >= 0.3 is 11.6 Å². The molecule has 3 aliphatic rings. The monoisotopic (exact) mass is 1070 g/mol. The number of amides is 2. The van der Waals surface area contributed by atoms with Gasteiger partial charge in [0.2, 0.25) is 0 Å². The molecule has 1 unspecified atom stereocenters. The lowest BCUT2D eigenvalue weighted by molar-refractivity contribution is -0.0436. The summed E-state index contributed by atoms with van der Waals surface area (Å²) in [6, 6.07) is 25.5. The van der Waals surface area contributed by atoms with Crippen LogP contribution in [0.25, 0.3) is 5.57 Å². The molecular formula is C52H64ClF3N6O7S3. The van der Waals surface area contributed by atoms with E-state index in [1.165, 1.54) is 40.6 Å². The predicted molar refractivity (Wildman–Crippen MR) is 279 cm³/mol. The van der Waals surface area contributed by atoms with Crippen LogP contribution in [-0.2, 0) is 24.6 Å². The Morgan fingerprint density at radius 3 is 2.08 bits per heavy atom. The van der Waals surface area contributed by atoms with Crippen molar-refractivity contribution < 1.29 is 44.3 Å². The van der Waals surface area contributed by atoms with E-state index in [0.717, 1.165) is 74.7 Å². The van der Waals surface area contributed by atoms with Crippen LogP contribution < -0.4 is 14.9 Å². The number of alkyl halides is 3. The van der Waals surface area contributed by atoms with Gasteiger partial charge in [-0.1, -0.05) is 61.4 Å². The fourth-order valence-electron chi connectivity index (χ4n) is 9.05. The van der Waals surface area contributed by atoms with E-state index in [0.29, 0.717) is 56.0 Å². The Morgan fingerprint density at radius 2 is 1.46 bits per heavy atom. The Hall–Kier alpha value is -4.79. The van der Waals surface area contributed by atoms with Crippen LogP contribution in [0.1, 0.15) is 76.2 Å². The van der Waals surface area contributed by atoms with E-state index in [9.17, 15) is 39.6 Å². The van der Waals surface area contributed by atoms with E-state index in [1.54, 1.807) is 37.8 Å². The van der Waals surface area contributed by atoms with Crippen molar-refractivity contribution in [2.24, 2.45) is 5.41 Å². The van der Waals surface area contributed by atoms with Crippen molar-refractivity contribution in [1.82, 2.24) is 19.4 Å². The smallest absolute Gasteiger partial charge is 0.444 e. The summed E-state index contributed by atoms with van der Waals surface area (Å²) in [6.45, 7) is 16.2. The number of nitrogens with zero attached hydrogens (tertiary/aromatic N) is 4. The number of piperazine rings is 2. The topological polar surface area (TPSA) is 149 Å². The summed E-state index contributed by atoms with van der Waals surface area (Å²) in [5, 5.41) is 3.70. The molecule has 7 rings (SSSR count). The molecule has 2 fully saturated rings. The summed E-state index contributed by atoms with van der Waals surface area (Å²) in [6.07, 6.45) is 3.07. The fraction of sp³-hybridized carbons (Fsp3) is 0.462. The van der Waals surface area contributed by atoms with Crippen LogP contribution in [0.4, 0.5) is 29.3 Å². The average Bonchev–Trinajstić information content (AvgIpc) is 3.33. The molecule has 0 spiro atoms. The van der Waals surface area contributed by atoms with Gasteiger partial charge in [-0.2, -0.15) is 13.2 Å². The lowest BCUT2D eigenvalue weighted by Crippen LogP contribution is -2.50. The van der Waals surface area contributed by atoms with Crippen LogP contribution in [-0.4, -0.2) is 132 Å². The summed E-state index contributed by atoms with van der Waals surface area (Å²) < 4.78 is 104. The van der Waals surface area contributed by atoms with Gasteiger partial charge in [-0.25, -0.2) is 26.4 Å². The second-order valence-electron chi connectivity index (χ2n) is 20.3. The summed E-state index contributed by atoms with van der Waals surface area (Å²) in [5.74, 6) is -0.735. The van der Waals surface area contributed by atoms with E-state index in [-0.39, 0.29) is 11.0 Å². The quantitative estimate of drug-likeness (QED) is 0.103. The Balaban J connectivity index is 1.01. The highest BCUT2D eigenvalue weighted by atomic mass is 35.5. The summed E-state index contributed by atoms with van der Waals surface area (Å²) in [4.78, 5) is 33.1. The van der Waals surface area contributed by atoms with Crippen molar-refractivity contribution in [3.63, 3.8) is 0 Å². The van der Waals surface area contributed by atoms with Crippen LogP contribution in [0.3, 0.4) is 0 Å². The molecule has 390 valence electrons. The molecule has 72 heavy (non-hydrogen) atoms. The molecular weight excluding hydrogens is 1010 g/mol. The zero-order valence-electron chi connectivity index (χ0n) is 41.3. The zero-order chi connectivity index (χ0) is 52.1. The Labute approximate surface area is 431 Å². The van der Waals surface area contributed by atoms with Crippen molar-refractivity contribution in [3.05, 3.63) is 119 Å². The van der Waals surface area contributed by atoms with E-state index >= 15 is 0 Å². The molecule has 2 amide bonds. The highest BCUT2D eigenvalue weighted by Gasteiger charge is 2.48. The number of carbonyl (C=O) groups excluding carboxylic acids is 2. The standard InChI is InChI=1S/C52H64ClF3N6O7S3/c1-50(2,3)69-49(64)62-31-25-59(26-32-62)24-22-41(36-70-43-9-7-6-8-10-43)57-46-20-19-44(33-47(46)71(65,66)52(54,55)56)72(67,68)58-48(63)38-13-17-42(18-14-38)61-29-27-60(28-30-61)35-39-21-23-51(4,5)34-45(39)37-11-15-40(53)16-12-37/h6-20,33,41,57H,21-32,34-36H2,1-5H3,(H,58,63). The highest BCUT2D eigenvalue weighted by Crippen LogP contribution is 2.43. The molecule has 13 nitrogen and oxygen atoms in total. The predicted octanol–water partition coefficient (Wildman–Crippen LogP) is 10.1. The minimum absolute atomic E-state index is 0.0192. The number of ether oxygens (including phenoxy) is 1. The van der Waals surface area contributed by atoms with Crippen molar-refractivity contribution in [2.75, 3.05) is 81.4 Å². The zero-order valence-corrected chi connectivity index (χ0v) is 44.5. The van der Waals surface area contributed by atoms with Gasteiger partial charge in [-0.15, -0.1) is 11.8 Å². The third-order valence-corrected chi connectivity index (χ3v) is 17.4. The number of thioether (sulfide) groups is 1. The van der Waals surface area contributed by atoms with Crippen LogP contribution in [0.5, 0.6) is 0 Å². The largest absolute Gasteiger partial charge is 0.501 e. The Morgan fingerprint density at radius 1 is 0.819 bits per heavy atom. The third-order valence-electron chi connectivity index (χ3n) is 13.1. The minimum atomic E-state index is -6.11. The maximum atomic E-state index is 14.3. The van der Waals surface area contributed by atoms with Gasteiger partial charge in [0, 0.05) is 98.4 Å². The molecule has 0 aromatic heterocycles. The number of hydrogen-bond donors (Lipinski definition) is 2. The van der Waals surface area contributed by atoms with Gasteiger partial charge in [0.15, 0.2) is 0 Å². The number of sulfone groups is 1. The molecule has 1 atom stereocenters. The normalized spacial score (nSPS) is 17.9. The number of allylic oxidation sites excluding steroid dienone is 1. The van der Waals surface area contributed by atoms with Crippen LogP contribution in [0.15, 0.2) is 117 Å². The molecule has 4 aromatic carbocycles. The van der Waals surface area contributed by atoms with Gasteiger partial charge in [-0.05, 0) is 130 Å². The summed E-state index contributed by atoms with van der Waals surface area (Å²) in [5.41, 5.74) is -1.82. The SMILES string of the molecule is CC1(C)CCC(CN2CCN(c3ccc(C(=O)NS(=O)(=O)c4ccc(NC(CCN5CCN(C(=O)OC(C)(C)C)CC5)CSc5ccccc5)c(S(=O)(=O)C(F)(F)F)c4)cc3)CC2)=C(c2ccc(Cl)cc2)C1. The number of rotatable bonds is 16. The van der Waals surface area contributed by atoms with Crippen LogP contribution >= 0.6 is 23.4 Å². The first-order valence-electron chi connectivity index (χ1n) is 24.1. The molecule has 0 saturated carbocycles. The van der Waals surface area contributed by atoms with Crippen molar-refractivity contribution >= 4 is 72.2 Å². The number of anilines is 2. The molecule has 4 aromatic rings. The highest BCUT2D eigenvalue weighted by molar-refractivity contribution is 7.99. The van der Waals surface area contributed by atoms with Crippen LogP contribution in [0.2, 0.25) is 5.02 Å². The average molecular weight is 1070 g/mol. The maximum Gasteiger partial charge on any atom is 0.501 e. The number of hydrogen-bond acceptors (Lipinski definition) is 12. The molecule has 0 radical (unpaired) electrons. The lowest BCUT2D eigenvalue weighted by atomic mass is 9.72. The van der Waals surface area contributed by atoms with Gasteiger partial charge in [0.1, 0.15) is 10.5 Å². The number of halogens is 4. The van der Waals surface area contributed by atoms with E-state index < -0.39 is 64.5 Å². The number of carbonyl (C=O) groups is 2. The van der Waals surface area contributed by atoms with Gasteiger partial charge in [0.25, 0.3) is 25.8 Å². The van der Waals surface area contributed by atoms with Crippen molar-refractivity contribution in [1.29, 1.82) is 0 Å². The Bertz CT molecular complexity index is 2800. The maximum absolute atomic E-state index is 14.3. The Kier molecular flexibility index (Phi) is 17.4. The van der Waals surface area contributed by atoms with Gasteiger partial charge in [-0.3, -0.25) is 14.6 Å². The first-order chi connectivity index (χ1) is 33.9. The first kappa shape index (κ1) is 55.0. The number of nitrogens with one attached hydrogen (secondary N) is 2. The third kappa shape index (κ3) is 14.5. The summed E-state index contributed by atoms with van der Waals surface area (Å²) in [7, 11) is -11.0. The van der Waals surface area contributed by atoms with E-state index in [1.807, 2.05) is 47.2 Å². The van der Waals surface area contributed by atoms with Crippen molar-refractivity contribution in [2.45, 2.75) is 92.1 Å². The van der Waals surface area contributed by atoms with Crippen LogP contribution in [0, 0.1) is 5.41 Å². The first-order valence-corrected chi connectivity index (χ1v) is 28.4. The van der Waals surface area contributed by atoms with E-state index in [2.05, 4.69) is 46.0 Å². The van der Waals surface area contributed by atoms with E-state index in [4.69, 9.17) is 16.3 Å². The van der Waals surface area contributed by atoms with Gasteiger partial charge < -0.3 is 19.9 Å². The van der Waals surface area contributed by atoms with Gasteiger partial charge in [0.05, 0.1) is 10.6 Å². The lowest BCUT2D eigenvalue weighted by Gasteiger charge is -2.39. The number of benzene rings is 4.